The fraction of sp³-hybridized carbons (Fsp3) is 0.333. The Kier molecular flexibility index (Phi) is 6.81. The molecular weight excluding hydrogens is 372 g/mol. The molecule has 0 radical (unpaired) electrons. The number of hydrogen-bond acceptors (Lipinski definition) is 6. The Morgan fingerprint density at radius 1 is 1.04 bits per heavy atom. The van der Waals surface area contributed by atoms with Crippen LogP contribution in [-0.4, -0.2) is 21.5 Å². The van der Waals surface area contributed by atoms with E-state index in [1.54, 1.807) is 0 Å². The number of thioether (sulfide) groups is 1. The topological polar surface area (TPSA) is 75.2 Å². The van der Waals surface area contributed by atoms with E-state index < -0.39 is 0 Å². The van der Waals surface area contributed by atoms with E-state index in [1.165, 1.54) is 22.0 Å². The van der Waals surface area contributed by atoms with Gasteiger partial charge in [-0.05, 0) is 36.6 Å². The fourth-order valence-corrected chi connectivity index (χ4v) is 3.53. The van der Waals surface area contributed by atoms with E-state index in [0.29, 0.717) is 29.3 Å². The number of hydrogen-bond donors (Lipinski definition) is 1. The van der Waals surface area contributed by atoms with Crippen molar-refractivity contribution in [1.82, 2.24) is 14.9 Å². The highest BCUT2D eigenvalue weighted by molar-refractivity contribution is 7.98. The predicted octanol–water partition coefficient (Wildman–Crippen LogP) is 4.39. The van der Waals surface area contributed by atoms with Crippen molar-refractivity contribution in [3.63, 3.8) is 0 Å². The number of nitrogen functional groups attached to an aromatic ring is 1. The molecule has 1 aromatic heterocycles. The number of rotatable bonds is 9. The minimum atomic E-state index is 0.265. The normalized spacial score (nSPS) is 11.0. The summed E-state index contributed by atoms with van der Waals surface area (Å²) in [5.74, 6) is 9.59. The Bertz CT molecular complexity index is 894. The van der Waals surface area contributed by atoms with Gasteiger partial charge in [0.25, 0.3) is 0 Å². The summed E-state index contributed by atoms with van der Waals surface area (Å²) in [4.78, 5) is 0. The molecular formula is C21H26N4O2S. The zero-order valence-electron chi connectivity index (χ0n) is 16.5. The first kappa shape index (κ1) is 20.1. The monoisotopic (exact) mass is 398 g/mol. The summed E-state index contributed by atoms with van der Waals surface area (Å²) in [7, 11) is 0. The van der Waals surface area contributed by atoms with Crippen molar-refractivity contribution in [3.8, 4) is 11.5 Å². The van der Waals surface area contributed by atoms with Gasteiger partial charge in [-0.1, -0.05) is 55.9 Å². The van der Waals surface area contributed by atoms with Gasteiger partial charge in [0.1, 0.15) is 18.1 Å². The summed E-state index contributed by atoms with van der Waals surface area (Å²) in [5.41, 5.74) is 2.38. The van der Waals surface area contributed by atoms with Gasteiger partial charge in [0, 0.05) is 11.3 Å². The Morgan fingerprint density at radius 2 is 1.79 bits per heavy atom. The lowest BCUT2D eigenvalue weighted by atomic mass is 10.0. The van der Waals surface area contributed by atoms with Crippen LogP contribution in [0.25, 0.3) is 0 Å². The van der Waals surface area contributed by atoms with Gasteiger partial charge in [-0.3, -0.25) is 0 Å². The van der Waals surface area contributed by atoms with Crippen LogP contribution in [0.1, 0.15) is 43.6 Å². The molecule has 2 aromatic carbocycles. The standard InChI is InChI=1S/C21H26N4O2S/c1-4-26-19-8-6-5-7-17(19)14-28-21-24-23-20(25(21)22)13-27-18-11-9-16(10-12-18)15(2)3/h5-12,15H,4,13-14,22H2,1-3H3. The van der Waals surface area contributed by atoms with Crippen molar-refractivity contribution in [2.24, 2.45) is 0 Å². The molecule has 3 aromatic rings. The average molecular weight is 399 g/mol. The summed E-state index contributed by atoms with van der Waals surface area (Å²) in [6, 6.07) is 16.0. The zero-order chi connectivity index (χ0) is 19.9. The molecule has 3 rings (SSSR count). The Labute approximate surface area is 170 Å². The number of para-hydroxylation sites is 1. The van der Waals surface area contributed by atoms with E-state index >= 15 is 0 Å². The number of ether oxygens (including phenoxy) is 2. The highest BCUT2D eigenvalue weighted by atomic mass is 32.2. The maximum Gasteiger partial charge on any atom is 0.210 e. The molecule has 0 atom stereocenters. The van der Waals surface area contributed by atoms with Crippen molar-refractivity contribution in [3.05, 3.63) is 65.5 Å². The van der Waals surface area contributed by atoms with Crippen LogP contribution in [0.5, 0.6) is 11.5 Å². The van der Waals surface area contributed by atoms with Gasteiger partial charge in [-0.25, -0.2) is 4.68 Å². The van der Waals surface area contributed by atoms with E-state index in [4.69, 9.17) is 15.3 Å². The molecule has 0 unspecified atom stereocenters. The quantitative estimate of drug-likeness (QED) is 0.426. The molecule has 2 N–H and O–H groups in total. The highest BCUT2D eigenvalue weighted by Gasteiger charge is 2.12. The molecule has 0 bridgehead atoms. The maximum absolute atomic E-state index is 6.15. The molecule has 7 heteroatoms. The lowest BCUT2D eigenvalue weighted by Gasteiger charge is -2.10. The molecule has 148 valence electrons. The van der Waals surface area contributed by atoms with Gasteiger partial charge >= 0.3 is 0 Å². The highest BCUT2D eigenvalue weighted by Crippen LogP contribution is 2.27. The lowest BCUT2D eigenvalue weighted by Crippen LogP contribution is -2.15. The summed E-state index contributed by atoms with van der Waals surface area (Å²) in [5, 5.41) is 8.98. The fourth-order valence-electron chi connectivity index (χ4n) is 2.66. The summed E-state index contributed by atoms with van der Waals surface area (Å²) < 4.78 is 12.9. The first-order chi connectivity index (χ1) is 13.6. The molecule has 28 heavy (non-hydrogen) atoms. The van der Waals surface area contributed by atoms with Crippen molar-refractivity contribution in [2.45, 2.75) is 44.2 Å². The van der Waals surface area contributed by atoms with Gasteiger partial charge in [-0.15, -0.1) is 10.2 Å². The van der Waals surface area contributed by atoms with Crippen molar-refractivity contribution in [1.29, 1.82) is 0 Å². The van der Waals surface area contributed by atoms with Gasteiger partial charge < -0.3 is 15.3 Å². The second kappa shape index (κ2) is 9.50. The Balaban J connectivity index is 1.59. The van der Waals surface area contributed by atoms with Crippen LogP contribution < -0.4 is 15.3 Å². The number of aromatic nitrogens is 3. The van der Waals surface area contributed by atoms with E-state index in [-0.39, 0.29) is 6.61 Å². The van der Waals surface area contributed by atoms with E-state index in [0.717, 1.165) is 17.1 Å². The smallest absolute Gasteiger partial charge is 0.210 e. The van der Waals surface area contributed by atoms with E-state index in [9.17, 15) is 0 Å². The van der Waals surface area contributed by atoms with Crippen LogP contribution in [0.4, 0.5) is 0 Å². The number of nitrogens with zero attached hydrogens (tertiary/aromatic N) is 3. The maximum atomic E-state index is 6.15. The minimum absolute atomic E-state index is 0.265. The van der Waals surface area contributed by atoms with Gasteiger partial charge in [0.2, 0.25) is 5.16 Å². The Hall–Kier alpha value is -2.67. The molecule has 1 heterocycles. The predicted molar refractivity (Wildman–Crippen MR) is 112 cm³/mol. The van der Waals surface area contributed by atoms with Crippen LogP contribution >= 0.6 is 11.8 Å². The summed E-state index contributed by atoms with van der Waals surface area (Å²) in [6.07, 6.45) is 0. The van der Waals surface area contributed by atoms with Crippen molar-refractivity contribution < 1.29 is 9.47 Å². The number of benzene rings is 2. The lowest BCUT2D eigenvalue weighted by molar-refractivity contribution is 0.291. The molecule has 0 aliphatic heterocycles. The Morgan fingerprint density at radius 3 is 2.50 bits per heavy atom. The third-order valence-corrected chi connectivity index (χ3v) is 5.27. The SMILES string of the molecule is CCOc1ccccc1CSc1nnc(COc2ccc(C(C)C)cc2)n1N. The molecule has 6 nitrogen and oxygen atoms in total. The molecule has 0 aliphatic rings. The average Bonchev–Trinajstić information content (AvgIpc) is 3.06. The molecule has 0 saturated heterocycles. The third kappa shape index (κ3) is 4.98. The van der Waals surface area contributed by atoms with Crippen LogP contribution in [0.15, 0.2) is 53.7 Å². The molecule has 0 amide bonds. The third-order valence-electron chi connectivity index (χ3n) is 4.28. The van der Waals surface area contributed by atoms with Crippen molar-refractivity contribution in [2.75, 3.05) is 12.4 Å². The van der Waals surface area contributed by atoms with Crippen LogP contribution in [0.3, 0.4) is 0 Å². The summed E-state index contributed by atoms with van der Waals surface area (Å²) >= 11 is 1.52. The first-order valence-electron chi connectivity index (χ1n) is 9.34. The largest absolute Gasteiger partial charge is 0.494 e. The minimum Gasteiger partial charge on any atom is -0.494 e. The van der Waals surface area contributed by atoms with E-state index in [2.05, 4.69) is 36.2 Å². The van der Waals surface area contributed by atoms with Crippen molar-refractivity contribution >= 4 is 11.8 Å². The van der Waals surface area contributed by atoms with Crippen LogP contribution in [0.2, 0.25) is 0 Å². The van der Waals surface area contributed by atoms with Gasteiger partial charge in [0.05, 0.1) is 6.61 Å². The zero-order valence-corrected chi connectivity index (χ0v) is 17.3. The van der Waals surface area contributed by atoms with E-state index in [1.807, 2.05) is 43.3 Å². The molecule has 0 spiro atoms. The number of nitrogens with two attached hydrogens (primary N) is 1. The first-order valence-corrected chi connectivity index (χ1v) is 10.3. The molecule has 0 aliphatic carbocycles. The molecule has 0 saturated carbocycles. The molecule has 0 fully saturated rings. The second-order valence-electron chi connectivity index (χ2n) is 6.61. The second-order valence-corrected chi connectivity index (χ2v) is 7.55. The van der Waals surface area contributed by atoms with Crippen LogP contribution in [0, 0.1) is 0 Å². The summed E-state index contributed by atoms with van der Waals surface area (Å²) in [6.45, 7) is 7.20. The van der Waals surface area contributed by atoms with Gasteiger partial charge in [-0.2, -0.15) is 0 Å². The van der Waals surface area contributed by atoms with Gasteiger partial charge in [0.15, 0.2) is 5.82 Å². The van der Waals surface area contributed by atoms with Crippen LogP contribution in [-0.2, 0) is 12.4 Å².